The first-order chi connectivity index (χ1) is 8.01. The van der Waals surface area contributed by atoms with Gasteiger partial charge in [-0.25, -0.2) is 13.8 Å². The molecule has 0 aliphatic rings. The monoisotopic (exact) mass is 375 g/mol. The molecule has 94 valence electrons. The number of esters is 1. The molecule has 3 nitrogen and oxygen atoms in total. The molecule has 1 aromatic rings. The highest BCUT2D eigenvalue weighted by Crippen LogP contribution is 2.30. The molecular formula is C10H9ClF2INO2. The van der Waals surface area contributed by atoms with Crippen LogP contribution in [0.15, 0.2) is 6.20 Å². The molecule has 0 aliphatic carbocycles. The second kappa shape index (κ2) is 6.44. The number of methoxy groups -OCH3 is 1. The van der Waals surface area contributed by atoms with Crippen molar-refractivity contribution in [2.75, 3.05) is 7.11 Å². The zero-order chi connectivity index (χ0) is 13.0. The third-order valence-corrected chi connectivity index (χ3v) is 3.31. The van der Waals surface area contributed by atoms with Gasteiger partial charge in [-0.3, -0.25) is 4.79 Å². The van der Waals surface area contributed by atoms with Gasteiger partial charge in [0.05, 0.1) is 19.1 Å². The Hall–Kier alpha value is -0.500. The predicted octanol–water partition coefficient (Wildman–Crippen LogP) is 3.08. The number of ether oxygens (including phenoxy) is 1. The molecule has 1 heterocycles. The maximum absolute atomic E-state index is 12.9. The van der Waals surface area contributed by atoms with Crippen molar-refractivity contribution in [1.29, 1.82) is 0 Å². The third-order valence-electron chi connectivity index (χ3n) is 2.18. The standard InChI is InChI=1S/C10H9ClF2INO2/c1-17-7(16)2-5-4-15-10(14)8(9(12)13)6(5)3-11/h4,9H,2-3H2,1H3. The summed E-state index contributed by atoms with van der Waals surface area (Å²) in [5.74, 6) is -0.607. The molecule has 0 fully saturated rings. The maximum atomic E-state index is 12.9. The molecule has 0 radical (unpaired) electrons. The number of hydrogen-bond acceptors (Lipinski definition) is 3. The van der Waals surface area contributed by atoms with Gasteiger partial charge >= 0.3 is 5.97 Å². The largest absolute Gasteiger partial charge is 0.469 e. The van der Waals surface area contributed by atoms with Crippen LogP contribution >= 0.6 is 34.2 Å². The summed E-state index contributed by atoms with van der Waals surface area (Å²) in [5.41, 5.74) is 0.427. The Bertz CT molecular complexity index is 429. The van der Waals surface area contributed by atoms with E-state index in [2.05, 4.69) is 9.72 Å². The fourth-order valence-electron chi connectivity index (χ4n) is 1.34. The molecule has 1 aromatic heterocycles. The lowest BCUT2D eigenvalue weighted by Gasteiger charge is -2.12. The Balaban J connectivity index is 3.23. The van der Waals surface area contributed by atoms with Crippen LogP contribution in [-0.2, 0) is 21.8 Å². The van der Waals surface area contributed by atoms with Crippen LogP contribution in [0.1, 0.15) is 23.1 Å². The quantitative estimate of drug-likeness (QED) is 0.351. The highest BCUT2D eigenvalue weighted by atomic mass is 127. The Morgan fingerprint density at radius 3 is 2.76 bits per heavy atom. The molecule has 0 saturated carbocycles. The summed E-state index contributed by atoms with van der Waals surface area (Å²) < 4.78 is 30.4. The fraction of sp³-hybridized carbons (Fsp3) is 0.400. The molecule has 0 aromatic carbocycles. The van der Waals surface area contributed by atoms with E-state index in [1.54, 1.807) is 22.6 Å². The van der Waals surface area contributed by atoms with Crippen molar-refractivity contribution in [2.45, 2.75) is 18.7 Å². The second-order valence-corrected chi connectivity index (χ2v) is 4.44. The fourth-order valence-corrected chi connectivity index (χ4v) is 2.35. The summed E-state index contributed by atoms with van der Waals surface area (Å²) in [6.07, 6.45) is -1.40. The van der Waals surface area contributed by atoms with E-state index in [9.17, 15) is 13.6 Å². The van der Waals surface area contributed by atoms with E-state index in [0.29, 0.717) is 5.56 Å². The van der Waals surface area contributed by atoms with Crippen molar-refractivity contribution >= 4 is 40.2 Å². The van der Waals surface area contributed by atoms with Crippen molar-refractivity contribution in [3.63, 3.8) is 0 Å². The van der Waals surface area contributed by atoms with Gasteiger partial charge < -0.3 is 4.74 Å². The number of carbonyl (C=O) groups excluding carboxylic acids is 1. The average Bonchev–Trinajstić information content (AvgIpc) is 2.30. The summed E-state index contributed by atoms with van der Waals surface area (Å²) in [6, 6.07) is 0. The highest BCUT2D eigenvalue weighted by Gasteiger charge is 2.21. The molecule has 1 rings (SSSR count). The first kappa shape index (κ1) is 14.6. The molecule has 0 unspecified atom stereocenters. The smallest absolute Gasteiger partial charge is 0.310 e. The van der Waals surface area contributed by atoms with Crippen LogP contribution < -0.4 is 0 Å². The Morgan fingerprint density at radius 1 is 1.65 bits per heavy atom. The first-order valence-electron chi connectivity index (χ1n) is 4.58. The number of hydrogen-bond donors (Lipinski definition) is 0. The molecule has 0 N–H and O–H groups in total. The van der Waals surface area contributed by atoms with Gasteiger partial charge in [0.25, 0.3) is 6.43 Å². The van der Waals surface area contributed by atoms with Gasteiger partial charge in [-0.05, 0) is 33.7 Å². The number of halogens is 4. The number of nitrogens with zero attached hydrogens (tertiary/aromatic N) is 1. The van der Waals surface area contributed by atoms with Crippen LogP contribution in [0.25, 0.3) is 0 Å². The Morgan fingerprint density at radius 2 is 2.29 bits per heavy atom. The van der Waals surface area contributed by atoms with Gasteiger partial charge in [0.1, 0.15) is 3.70 Å². The molecule has 17 heavy (non-hydrogen) atoms. The molecule has 0 aliphatic heterocycles. The van der Waals surface area contributed by atoms with E-state index in [1.807, 2.05) is 0 Å². The molecule has 0 spiro atoms. The molecule has 7 heteroatoms. The van der Waals surface area contributed by atoms with Crippen LogP contribution in [0.5, 0.6) is 0 Å². The minimum absolute atomic E-state index is 0.0927. The number of pyridine rings is 1. The van der Waals surface area contributed by atoms with Crippen molar-refractivity contribution < 1.29 is 18.3 Å². The lowest BCUT2D eigenvalue weighted by molar-refractivity contribution is -0.139. The van der Waals surface area contributed by atoms with E-state index in [0.717, 1.165) is 0 Å². The second-order valence-electron chi connectivity index (χ2n) is 3.15. The minimum Gasteiger partial charge on any atom is -0.469 e. The van der Waals surface area contributed by atoms with E-state index < -0.39 is 12.4 Å². The van der Waals surface area contributed by atoms with Gasteiger partial charge in [-0.15, -0.1) is 11.6 Å². The van der Waals surface area contributed by atoms with Crippen LogP contribution in [0.4, 0.5) is 8.78 Å². The third kappa shape index (κ3) is 3.48. The number of carbonyl (C=O) groups is 1. The predicted molar refractivity (Wildman–Crippen MR) is 67.2 cm³/mol. The molecule has 0 bridgehead atoms. The first-order valence-corrected chi connectivity index (χ1v) is 6.19. The van der Waals surface area contributed by atoms with Gasteiger partial charge in [0, 0.05) is 12.1 Å². The van der Waals surface area contributed by atoms with Gasteiger partial charge in [0.2, 0.25) is 0 Å². The topological polar surface area (TPSA) is 39.2 Å². The summed E-state index contributed by atoms with van der Waals surface area (Å²) in [5, 5.41) is 0. The summed E-state index contributed by atoms with van der Waals surface area (Å²) in [7, 11) is 1.23. The molecule has 0 saturated heterocycles. The van der Waals surface area contributed by atoms with Gasteiger partial charge in [0.15, 0.2) is 0 Å². The van der Waals surface area contributed by atoms with Crippen LogP contribution in [0.2, 0.25) is 0 Å². The number of aromatic nitrogens is 1. The maximum Gasteiger partial charge on any atom is 0.310 e. The lowest BCUT2D eigenvalue weighted by Crippen LogP contribution is -2.10. The zero-order valence-electron chi connectivity index (χ0n) is 8.84. The van der Waals surface area contributed by atoms with Crippen molar-refractivity contribution in [2.24, 2.45) is 0 Å². The van der Waals surface area contributed by atoms with Crippen molar-refractivity contribution in [3.05, 3.63) is 26.6 Å². The van der Waals surface area contributed by atoms with E-state index in [-0.39, 0.29) is 27.1 Å². The van der Waals surface area contributed by atoms with E-state index >= 15 is 0 Å². The molecule has 0 atom stereocenters. The number of alkyl halides is 3. The normalized spacial score (nSPS) is 10.7. The highest BCUT2D eigenvalue weighted by molar-refractivity contribution is 14.1. The van der Waals surface area contributed by atoms with Crippen LogP contribution in [-0.4, -0.2) is 18.1 Å². The summed E-state index contributed by atoms with van der Waals surface area (Å²) in [4.78, 5) is 15.0. The molecular weight excluding hydrogens is 366 g/mol. The van der Waals surface area contributed by atoms with E-state index in [4.69, 9.17) is 11.6 Å². The Kier molecular flexibility index (Phi) is 5.51. The van der Waals surface area contributed by atoms with E-state index in [1.165, 1.54) is 13.3 Å². The average molecular weight is 376 g/mol. The molecule has 0 amide bonds. The Labute approximate surface area is 116 Å². The van der Waals surface area contributed by atoms with Crippen molar-refractivity contribution in [3.8, 4) is 0 Å². The lowest BCUT2D eigenvalue weighted by atomic mass is 10.0. The number of rotatable bonds is 4. The van der Waals surface area contributed by atoms with Gasteiger partial charge in [-0.1, -0.05) is 0 Å². The minimum atomic E-state index is -2.67. The van der Waals surface area contributed by atoms with Crippen molar-refractivity contribution in [1.82, 2.24) is 4.98 Å². The van der Waals surface area contributed by atoms with Gasteiger partial charge in [-0.2, -0.15) is 0 Å². The summed E-state index contributed by atoms with van der Waals surface area (Å²) in [6.45, 7) is 0. The summed E-state index contributed by atoms with van der Waals surface area (Å²) >= 11 is 7.38. The SMILES string of the molecule is COC(=O)Cc1cnc(I)c(C(F)F)c1CCl. The van der Waals surface area contributed by atoms with Crippen LogP contribution in [0.3, 0.4) is 0 Å². The zero-order valence-corrected chi connectivity index (χ0v) is 11.8. The van der Waals surface area contributed by atoms with Crippen LogP contribution in [0, 0.1) is 3.70 Å².